The quantitative estimate of drug-likeness (QED) is 0.521. The van der Waals surface area contributed by atoms with Crippen molar-refractivity contribution in [2.45, 2.75) is 57.7 Å². The summed E-state index contributed by atoms with van der Waals surface area (Å²) in [5, 5.41) is 6.24. The minimum Gasteiger partial charge on any atom is -0.462 e. The molecule has 1 saturated heterocycles. The van der Waals surface area contributed by atoms with E-state index in [4.69, 9.17) is 0 Å². The maximum Gasteiger partial charge on any atom is 0.396 e. The first-order valence-electron chi connectivity index (χ1n) is 5.83. The number of nitrogens with one attached hydrogen (secondary N) is 2. The third-order valence-corrected chi connectivity index (χ3v) is 2.90. The molecule has 0 atom stereocenters. The van der Waals surface area contributed by atoms with Gasteiger partial charge in [-0.2, -0.15) is 0 Å². The highest BCUT2D eigenvalue weighted by Crippen LogP contribution is 2.28. The largest absolute Gasteiger partial charge is 0.462 e. The molecule has 5 heteroatoms. The van der Waals surface area contributed by atoms with E-state index in [1.165, 1.54) is 7.11 Å². The van der Waals surface area contributed by atoms with Gasteiger partial charge in [-0.05, 0) is 40.5 Å². The van der Waals surface area contributed by atoms with Crippen LogP contribution in [0, 0.1) is 0 Å². The Kier molecular flexibility index (Phi) is 3.81. The predicted molar refractivity (Wildman–Crippen MR) is 64.5 cm³/mol. The number of hydrogen-bond donors (Lipinski definition) is 2. The highest BCUT2D eigenvalue weighted by atomic mass is 16.5. The number of amides is 1. The molecule has 1 aliphatic rings. The van der Waals surface area contributed by atoms with E-state index < -0.39 is 11.9 Å². The van der Waals surface area contributed by atoms with Gasteiger partial charge in [-0.25, -0.2) is 4.79 Å². The lowest BCUT2D eigenvalue weighted by Crippen LogP contribution is -2.62. The number of methoxy groups -OCH3 is 1. The second-order valence-corrected chi connectivity index (χ2v) is 5.96. The van der Waals surface area contributed by atoms with Gasteiger partial charge in [0.1, 0.15) is 0 Å². The van der Waals surface area contributed by atoms with Gasteiger partial charge < -0.3 is 15.4 Å². The lowest BCUT2D eigenvalue weighted by Gasteiger charge is -2.46. The average molecular weight is 242 g/mol. The van der Waals surface area contributed by atoms with Crippen molar-refractivity contribution >= 4 is 11.9 Å². The Morgan fingerprint density at radius 2 is 1.65 bits per heavy atom. The normalized spacial score (nSPS) is 22.9. The summed E-state index contributed by atoms with van der Waals surface area (Å²) in [4.78, 5) is 22.5. The molecule has 1 heterocycles. The smallest absolute Gasteiger partial charge is 0.396 e. The maximum absolute atomic E-state index is 11.5. The molecular formula is C12H22N2O3. The van der Waals surface area contributed by atoms with Gasteiger partial charge in [-0.1, -0.05) is 0 Å². The minimum atomic E-state index is -0.834. The third kappa shape index (κ3) is 4.00. The fourth-order valence-electron chi connectivity index (χ4n) is 2.76. The number of rotatable bonds is 1. The molecule has 98 valence electrons. The summed E-state index contributed by atoms with van der Waals surface area (Å²) in [6, 6.07) is -0.00662. The molecular weight excluding hydrogens is 220 g/mol. The predicted octanol–water partition coefficient (Wildman–Crippen LogP) is 0.585. The van der Waals surface area contributed by atoms with Crippen LogP contribution in [0.2, 0.25) is 0 Å². The number of piperidine rings is 1. The van der Waals surface area contributed by atoms with Gasteiger partial charge in [0.05, 0.1) is 7.11 Å². The van der Waals surface area contributed by atoms with Crippen molar-refractivity contribution < 1.29 is 14.3 Å². The van der Waals surface area contributed by atoms with Gasteiger partial charge >= 0.3 is 11.9 Å². The molecule has 0 saturated carbocycles. The van der Waals surface area contributed by atoms with Crippen molar-refractivity contribution in [2.24, 2.45) is 0 Å². The minimum absolute atomic E-state index is 0.00662. The molecule has 1 aliphatic heterocycles. The third-order valence-electron chi connectivity index (χ3n) is 2.90. The number of esters is 1. The molecule has 5 nitrogen and oxygen atoms in total. The Morgan fingerprint density at radius 3 is 2.06 bits per heavy atom. The summed E-state index contributed by atoms with van der Waals surface area (Å²) in [5.41, 5.74) is -0.119. The van der Waals surface area contributed by atoms with Crippen LogP contribution < -0.4 is 10.6 Å². The highest BCUT2D eigenvalue weighted by molar-refractivity contribution is 6.32. The average Bonchev–Trinajstić information content (AvgIpc) is 2.11. The van der Waals surface area contributed by atoms with Crippen molar-refractivity contribution in [1.29, 1.82) is 0 Å². The summed E-state index contributed by atoms with van der Waals surface area (Å²) in [7, 11) is 1.21. The number of ether oxygens (including phenoxy) is 1. The van der Waals surface area contributed by atoms with E-state index in [1.54, 1.807) is 0 Å². The molecule has 0 aliphatic carbocycles. The van der Waals surface area contributed by atoms with Gasteiger partial charge in [0.25, 0.3) is 0 Å². The zero-order chi connectivity index (χ0) is 13.3. The monoisotopic (exact) mass is 242 g/mol. The molecule has 2 N–H and O–H groups in total. The van der Waals surface area contributed by atoms with E-state index >= 15 is 0 Å². The molecule has 0 spiro atoms. The molecule has 0 aromatic heterocycles. The fraction of sp³-hybridized carbons (Fsp3) is 0.833. The summed E-state index contributed by atoms with van der Waals surface area (Å²) < 4.78 is 4.39. The van der Waals surface area contributed by atoms with Crippen LogP contribution in [0.1, 0.15) is 40.5 Å². The van der Waals surface area contributed by atoms with Gasteiger partial charge in [-0.3, -0.25) is 4.79 Å². The van der Waals surface area contributed by atoms with Gasteiger partial charge in [0.2, 0.25) is 0 Å². The topological polar surface area (TPSA) is 67.4 Å². The van der Waals surface area contributed by atoms with E-state index in [0.29, 0.717) is 0 Å². The Balaban J connectivity index is 2.66. The highest BCUT2D eigenvalue weighted by Gasteiger charge is 2.38. The van der Waals surface area contributed by atoms with Crippen LogP contribution in [0.3, 0.4) is 0 Å². The van der Waals surface area contributed by atoms with Crippen molar-refractivity contribution in [2.75, 3.05) is 7.11 Å². The van der Waals surface area contributed by atoms with Crippen molar-refractivity contribution in [3.63, 3.8) is 0 Å². The Hall–Kier alpha value is -1.10. The Morgan fingerprint density at radius 1 is 1.18 bits per heavy atom. The number of hydrogen-bond acceptors (Lipinski definition) is 4. The molecule has 1 fully saturated rings. The van der Waals surface area contributed by atoms with Crippen LogP contribution >= 0.6 is 0 Å². The van der Waals surface area contributed by atoms with Crippen LogP contribution in [0.15, 0.2) is 0 Å². The van der Waals surface area contributed by atoms with Gasteiger partial charge in [0.15, 0.2) is 0 Å². The first-order chi connectivity index (χ1) is 7.65. The van der Waals surface area contributed by atoms with E-state index in [2.05, 4.69) is 43.1 Å². The summed E-state index contributed by atoms with van der Waals surface area (Å²) in [6.45, 7) is 8.35. The second-order valence-electron chi connectivity index (χ2n) is 5.96. The molecule has 0 aromatic carbocycles. The zero-order valence-corrected chi connectivity index (χ0v) is 11.2. The van der Waals surface area contributed by atoms with Gasteiger partial charge in [0, 0.05) is 17.1 Å². The summed E-state index contributed by atoms with van der Waals surface area (Å²) >= 11 is 0. The maximum atomic E-state index is 11.5. The molecule has 0 radical (unpaired) electrons. The first-order valence-corrected chi connectivity index (χ1v) is 5.83. The Bertz CT molecular complexity index is 308. The zero-order valence-electron chi connectivity index (χ0n) is 11.2. The van der Waals surface area contributed by atoms with Crippen LogP contribution in [-0.4, -0.2) is 36.1 Å². The lowest BCUT2D eigenvalue weighted by atomic mass is 9.79. The number of carbonyl (C=O) groups excluding carboxylic acids is 2. The van der Waals surface area contributed by atoms with E-state index in [0.717, 1.165) is 12.8 Å². The molecule has 0 bridgehead atoms. The van der Waals surface area contributed by atoms with Crippen LogP contribution in [0.4, 0.5) is 0 Å². The molecule has 0 unspecified atom stereocenters. The lowest BCUT2D eigenvalue weighted by molar-refractivity contribution is -0.153. The van der Waals surface area contributed by atoms with E-state index in [-0.39, 0.29) is 17.1 Å². The molecule has 1 amide bonds. The SMILES string of the molecule is COC(=O)C(=O)NC1CC(C)(C)NC(C)(C)C1. The van der Waals surface area contributed by atoms with E-state index in [1.807, 2.05) is 0 Å². The first kappa shape index (κ1) is 14.0. The second kappa shape index (κ2) is 4.64. The summed E-state index contributed by atoms with van der Waals surface area (Å²) in [5.74, 6) is -1.50. The standard InChI is InChI=1S/C12H22N2O3/c1-11(2)6-8(7-12(3,4)14-11)13-9(15)10(16)17-5/h8,14H,6-7H2,1-5H3,(H,13,15). The van der Waals surface area contributed by atoms with Gasteiger partial charge in [-0.15, -0.1) is 0 Å². The summed E-state index contributed by atoms with van der Waals surface area (Å²) in [6.07, 6.45) is 1.58. The fourth-order valence-corrected chi connectivity index (χ4v) is 2.76. The molecule has 0 aromatic rings. The number of carbonyl (C=O) groups is 2. The molecule has 1 rings (SSSR count). The molecule has 17 heavy (non-hydrogen) atoms. The van der Waals surface area contributed by atoms with Crippen molar-refractivity contribution in [1.82, 2.24) is 10.6 Å². The van der Waals surface area contributed by atoms with Crippen molar-refractivity contribution in [3.8, 4) is 0 Å². The van der Waals surface area contributed by atoms with Crippen LogP contribution in [0.25, 0.3) is 0 Å². The van der Waals surface area contributed by atoms with E-state index in [9.17, 15) is 9.59 Å². The van der Waals surface area contributed by atoms with Crippen molar-refractivity contribution in [3.05, 3.63) is 0 Å². The van der Waals surface area contributed by atoms with Crippen LogP contribution in [0.5, 0.6) is 0 Å². The van der Waals surface area contributed by atoms with Crippen LogP contribution in [-0.2, 0) is 14.3 Å². The Labute approximate surface area is 102 Å².